The van der Waals surface area contributed by atoms with Crippen LogP contribution in [0.1, 0.15) is 30.0 Å². The summed E-state index contributed by atoms with van der Waals surface area (Å²) in [6, 6.07) is 15.1. The summed E-state index contributed by atoms with van der Waals surface area (Å²) < 4.78 is 12.9. The molecular weight excluding hydrogens is 345 g/mol. The zero-order chi connectivity index (χ0) is 19.6. The van der Waals surface area contributed by atoms with Crippen molar-refractivity contribution >= 4 is 11.8 Å². The number of halogens is 1. The third kappa shape index (κ3) is 6.55. The molecule has 2 aromatic rings. The molecule has 0 fully saturated rings. The Bertz CT molecular complexity index is 811. The highest BCUT2D eigenvalue weighted by atomic mass is 19.1. The molecule has 0 aliphatic carbocycles. The van der Waals surface area contributed by atoms with Crippen molar-refractivity contribution in [2.24, 2.45) is 0 Å². The molecule has 0 aliphatic heterocycles. The van der Waals surface area contributed by atoms with Crippen LogP contribution in [0, 0.1) is 17.1 Å². The second-order valence-corrected chi connectivity index (χ2v) is 6.12. The molecule has 0 saturated heterocycles. The van der Waals surface area contributed by atoms with Crippen molar-refractivity contribution in [3.05, 3.63) is 71.0 Å². The largest absolute Gasteiger partial charge is 0.350 e. The zero-order valence-corrected chi connectivity index (χ0v) is 15.2. The molecule has 27 heavy (non-hydrogen) atoms. The molecule has 6 heteroatoms. The number of carbonyl (C=O) groups excluding carboxylic acids is 2. The van der Waals surface area contributed by atoms with Gasteiger partial charge in [-0.25, -0.2) is 4.39 Å². The van der Waals surface area contributed by atoms with Crippen LogP contribution < -0.4 is 5.32 Å². The third-order valence-corrected chi connectivity index (χ3v) is 4.18. The minimum absolute atomic E-state index is 0.0100. The predicted molar refractivity (Wildman–Crippen MR) is 100.0 cm³/mol. The van der Waals surface area contributed by atoms with E-state index in [1.54, 1.807) is 24.3 Å². The minimum Gasteiger partial charge on any atom is -0.350 e. The van der Waals surface area contributed by atoms with Crippen LogP contribution in [-0.2, 0) is 22.6 Å². The smallest absolute Gasteiger partial charge is 0.239 e. The van der Waals surface area contributed by atoms with Gasteiger partial charge in [0.05, 0.1) is 18.2 Å². The third-order valence-electron chi connectivity index (χ3n) is 4.18. The van der Waals surface area contributed by atoms with Crippen molar-refractivity contribution < 1.29 is 14.0 Å². The fourth-order valence-corrected chi connectivity index (χ4v) is 2.56. The summed E-state index contributed by atoms with van der Waals surface area (Å²) in [7, 11) is 0. The standard InChI is InChI=1S/C21H22FN3O2/c1-2-25(15-20(26)24-14-18-7-10-19(22)11-8-18)21(27)12-9-16-3-5-17(13-23)6-4-16/h3-8,10-11H,2,9,12,14-15H2,1H3,(H,24,26). The molecular formula is C21H22FN3O2. The van der Waals surface area contributed by atoms with Gasteiger partial charge in [-0.1, -0.05) is 24.3 Å². The molecule has 0 aromatic heterocycles. The van der Waals surface area contributed by atoms with E-state index >= 15 is 0 Å². The van der Waals surface area contributed by atoms with Crippen molar-refractivity contribution in [1.29, 1.82) is 5.26 Å². The number of likely N-dealkylation sites (N-methyl/N-ethyl adjacent to an activating group) is 1. The number of nitrogens with zero attached hydrogens (tertiary/aromatic N) is 2. The van der Waals surface area contributed by atoms with Crippen LogP contribution in [0.3, 0.4) is 0 Å². The average molecular weight is 367 g/mol. The molecule has 0 spiro atoms. The lowest BCUT2D eigenvalue weighted by atomic mass is 10.1. The quantitative estimate of drug-likeness (QED) is 0.780. The molecule has 2 aromatic carbocycles. The highest BCUT2D eigenvalue weighted by Crippen LogP contribution is 2.08. The number of aryl methyl sites for hydroxylation is 1. The van der Waals surface area contributed by atoms with Gasteiger partial charge in [-0.3, -0.25) is 9.59 Å². The van der Waals surface area contributed by atoms with E-state index in [0.717, 1.165) is 11.1 Å². The van der Waals surface area contributed by atoms with E-state index in [2.05, 4.69) is 11.4 Å². The summed E-state index contributed by atoms with van der Waals surface area (Å²) in [5.74, 6) is -0.679. The van der Waals surface area contributed by atoms with Gasteiger partial charge in [0.1, 0.15) is 5.82 Å². The van der Waals surface area contributed by atoms with Gasteiger partial charge < -0.3 is 10.2 Å². The normalized spacial score (nSPS) is 10.1. The van der Waals surface area contributed by atoms with E-state index in [1.807, 2.05) is 19.1 Å². The van der Waals surface area contributed by atoms with Crippen LogP contribution in [0.25, 0.3) is 0 Å². The van der Waals surface area contributed by atoms with Crippen molar-refractivity contribution in [2.75, 3.05) is 13.1 Å². The van der Waals surface area contributed by atoms with E-state index in [0.29, 0.717) is 24.9 Å². The van der Waals surface area contributed by atoms with E-state index < -0.39 is 0 Å². The van der Waals surface area contributed by atoms with Gasteiger partial charge in [-0.2, -0.15) is 5.26 Å². The first-order valence-electron chi connectivity index (χ1n) is 8.79. The first-order chi connectivity index (χ1) is 13.0. The number of benzene rings is 2. The lowest BCUT2D eigenvalue weighted by molar-refractivity contribution is -0.135. The fourth-order valence-electron chi connectivity index (χ4n) is 2.56. The van der Waals surface area contributed by atoms with Gasteiger partial charge in [0.2, 0.25) is 11.8 Å². The SMILES string of the molecule is CCN(CC(=O)NCc1ccc(F)cc1)C(=O)CCc1ccc(C#N)cc1. The molecule has 5 nitrogen and oxygen atoms in total. The summed E-state index contributed by atoms with van der Waals surface area (Å²) in [6.07, 6.45) is 0.850. The number of nitrogens with one attached hydrogen (secondary N) is 1. The molecule has 0 aliphatic rings. The Labute approximate surface area is 158 Å². The van der Waals surface area contributed by atoms with Crippen LogP contribution in [0.5, 0.6) is 0 Å². The van der Waals surface area contributed by atoms with Gasteiger partial charge in [0.15, 0.2) is 0 Å². The van der Waals surface area contributed by atoms with Crippen molar-refractivity contribution in [3.8, 4) is 6.07 Å². The molecule has 0 heterocycles. The maximum atomic E-state index is 12.9. The highest BCUT2D eigenvalue weighted by molar-refractivity contribution is 5.84. The van der Waals surface area contributed by atoms with Crippen LogP contribution in [0.15, 0.2) is 48.5 Å². The van der Waals surface area contributed by atoms with Crippen LogP contribution in [0.2, 0.25) is 0 Å². The van der Waals surface area contributed by atoms with Gasteiger partial charge in [-0.05, 0) is 48.7 Å². The first-order valence-corrected chi connectivity index (χ1v) is 8.79. The molecule has 0 atom stereocenters. The summed E-state index contributed by atoms with van der Waals surface area (Å²) in [4.78, 5) is 26.0. The maximum Gasteiger partial charge on any atom is 0.239 e. The number of amides is 2. The molecule has 0 saturated carbocycles. The average Bonchev–Trinajstić information content (AvgIpc) is 2.70. The molecule has 2 amide bonds. The minimum atomic E-state index is -0.324. The Kier molecular flexibility index (Phi) is 7.50. The maximum absolute atomic E-state index is 12.9. The second kappa shape index (κ2) is 10.1. The first kappa shape index (κ1) is 20.1. The van der Waals surface area contributed by atoms with E-state index in [4.69, 9.17) is 5.26 Å². The topological polar surface area (TPSA) is 73.2 Å². The number of nitriles is 1. The Morgan fingerprint density at radius 2 is 1.70 bits per heavy atom. The molecule has 1 N–H and O–H groups in total. The van der Waals surface area contributed by atoms with Crippen LogP contribution in [0.4, 0.5) is 4.39 Å². The fraction of sp³-hybridized carbons (Fsp3) is 0.286. The van der Waals surface area contributed by atoms with Crippen LogP contribution in [-0.4, -0.2) is 29.8 Å². The Hall–Kier alpha value is -3.20. The van der Waals surface area contributed by atoms with Crippen molar-refractivity contribution in [3.63, 3.8) is 0 Å². The van der Waals surface area contributed by atoms with Crippen LogP contribution >= 0.6 is 0 Å². The molecule has 2 rings (SSSR count). The van der Waals surface area contributed by atoms with Gasteiger partial charge in [-0.15, -0.1) is 0 Å². The van der Waals surface area contributed by atoms with E-state index in [1.165, 1.54) is 17.0 Å². The van der Waals surface area contributed by atoms with Crippen molar-refractivity contribution in [1.82, 2.24) is 10.2 Å². The summed E-state index contributed by atoms with van der Waals surface area (Å²) in [5, 5.41) is 11.5. The number of rotatable bonds is 8. The van der Waals surface area contributed by atoms with Gasteiger partial charge in [0.25, 0.3) is 0 Å². The summed E-state index contributed by atoms with van der Waals surface area (Å²) in [6.45, 7) is 2.54. The number of hydrogen-bond acceptors (Lipinski definition) is 3. The molecule has 0 bridgehead atoms. The zero-order valence-electron chi connectivity index (χ0n) is 15.2. The molecule has 0 radical (unpaired) electrons. The highest BCUT2D eigenvalue weighted by Gasteiger charge is 2.15. The molecule has 0 unspecified atom stereocenters. The lowest BCUT2D eigenvalue weighted by Gasteiger charge is -2.20. The van der Waals surface area contributed by atoms with Gasteiger partial charge >= 0.3 is 0 Å². The Balaban J connectivity index is 1.79. The van der Waals surface area contributed by atoms with Gasteiger partial charge in [0, 0.05) is 19.5 Å². The van der Waals surface area contributed by atoms with Crippen molar-refractivity contribution in [2.45, 2.75) is 26.3 Å². The predicted octanol–water partition coefficient (Wildman–Crippen LogP) is 2.79. The number of hydrogen-bond donors (Lipinski definition) is 1. The summed E-state index contributed by atoms with van der Waals surface area (Å²) >= 11 is 0. The second-order valence-electron chi connectivity index (χ2n) is 6.12. The monoisotopic (exact) mass is 367 g/mol. The molecule has 140 valence electrons. The van der Waals surface area contributed by atoms with E-state index in [-0.39, 0.29) is 30.7 Å². The van der Waals surface area contributed by atoms with E-state index in [9.17, 15) is 14.0 Å². The lowest BCUT2D eigenvalue weighted by Crippen LogP contribution is -2.40. The Morgan fingerprint density at radius 3 is 2.30 bits per heavy atom. The number of carbonyl (C=O) groups is 2. The summed E-state index contributed by atoms with van der Waals surface area (Å²) in [5.41, 5.74) is 2.34. The Morgan fingerprint density at radius 1 is 1.07 bits per heavy atom.